The highest BCUT2D eigenvalue weighted by Crippen LogP contribution is 2.31. The maximum absolute atomic E-state index is 13.6. The molecule has 2 aromatic carbocycles. The third-order valence-corrected chi connectivity index (χ3v) is 6.34. The van der Waals surface area contributed by atoms with E-state index in [0.29, 0.717) is 48.3 Å². The van der Waals surface area contributed by atoms with Crippen molar-refractivity contribution in [1.82, 2.24) is 19.7 Å². The number of ether oxygens (including phenoxy) is 1. The Morgan fingerprint density at radius 1 is 0.944 bits per heavy atom. The molecular weight excluding hydrogens is 478 g/mol. The van der Waals surface area contributed by atoms with Crippen LogP contribution in [0.25, 0.3) is 16.9 Å². The van der Waals surface area contributed by atoms with Gasteiger partial charge in [-0.15, -0.1) is 0 Å². The number of amides is 1. The summed E-state index contributed by atoms with van der Waals surface area (Å²) in [5, 5.41) is 4.98. The van der Waals surface area contributed by atoms with Crippen molar-refractivity contribution in [3.05, 3.63) is 94.5 Å². The molecule has 0 unspecified atom stereocenters. The number of nitrogens with zero attached hydrogens (tertiary/aromatic N) is 5. The minimum atomic E-state index is -0.391. The van der Waals surface area contributed by atoms with Crippen LogP contribution in [-0.4, -0.2) is 51.8 Å². The van der Waals surface area contributed by atoms with Crippen molar-refractivity contribution >= 4 is 23.2 Å². The van der Waals surface area contributed by atoms with E-state index in [1.807, 2.05) is 47.4 Å². The quantitative estimate of drug-likeness (QED) is 0.403. The van der Waals surface area contributed by atoms with Gasteiger partial charge in [-0.1, -0.05) is 17.7 Å². The minimum Gasteiger partial charge on any atom is -0.449 e. The number of hydrogen-bond acceptors (Lipinski definition) is 6. The highest BCUT2D eigenvalue weighted by Gasteiger charge is 2.25. The molecule has 1 fully saturated rings. The van der Waals surface area contributed by atoms with Gasteiger partial charge in [0.1, 0.15) is 11.4 Å². The van der Waals surface area contributed by atoms with Crippen molar-refractivity contribution < 1.29 is 9.53 Å². The van der Waals surface area contributed by atoms with Crippen LogP contribution >= 0.6 is 11.6 Å². The Kier molecular flexibility index (Phi) is 6.69. The van der Waals surface area contributed by atoms with Gasteiger partial charge in [-0.2, -0.15) is 9.78 Å². The fourth-order valence-corrected chi connectivity index (χ4v) is 4.25. The van der Waals surface area contributed by atoms with Gasteiger partial charge in [0.25, 0.3) is 0 Å². The summed E-state index contributed by atoms with van der Waals surface area (Å²) >= 11 is 6.02. The number of rotatable bonds is 5. The van der Waals surface area contributed by atoms with Crippen molar-refractivity contribution in [2.45, 2.75) is 6.92 Å². The van der Waals surface area contributed by atoms with Gasteiger partial charge in [0.15, 0.2) is 0 Å². The standard InChI is InChI=1S/C27H24ClN5O3/c1-19(34)31-14-16-32(17-15-31)25-18-30-33(22-9-7-21(28)8-10-22)27(35)26(25)36-23-11-5-20(6-12-23)24-4-2-3-13-29-24/h2-13,18H,14-17H2,1H3. The lowest BCUT2D eigenvalue weighted by atomic mass is 10.1. The van der Waals surface area contributed by atoms with E-state index in [1.165, 1.54) is 4.68 Å². The summed E-state index contributed by atoms with van der Waals surface area (Å²) in [4.78, 5) is 33.6. The maximum atomic E-state index is 13.6. The van der Waals surface area contributed by atoms with Crippen LogP contribution in [0, 0.1) is 0 Å². The largest absolute Gasteiger partial charge is 0.449 e. The summed E-state index contributed by atoms with van der Waals surface area (Å²) < 4.78 is 7.50. The predicted molar refractivity (Wildman–Crippen MR) is 139 cm³/mol. The Morgan fingerprint density at radius 3 is 2.31 bits per heavy atom. The van der Waals surface area contributed by atoms with Crippen LogP contribution in [0.5, 0.6) is 11.5 Å². The van der Waals surface area contributed by atoms with Gasteiger partial charge in [0, 0.05) is 49.9 Å². The second-order valence-electron chi connectivity index (χ2n) is 8.39. The van der Waals surface area contributed by atoms with E-state index in [0.717, 1.165) is 11.3 Å². The van der Waals surface area contributed by atoms with E-state index in [2.05, 4.69) is 10.1 Å². The van der Waals surface area contributed by atoms with E-state index in [4.69, 9.17) is 16.3 Å². The number of piperazine rings is 1. The van der Waals surface area contributed by atoms with Gasteiger partial charge in [0.2, 0.25) is 11.7 Å². The van der Waals surface area contributed by atoms with Crippen molar-refractivity contribution in [2.75, 3.05) is 31.1 Å². The minimum absolute atomic E-state index is 0.0374. The number of halogens is 1. The third-order valence-electron chi connectivity index (χ3n) is 6.09. The molecule has 0 N–H and O–H groups in total. The molecule has 1 aliphatic heterocycles. The molecule has 5 rings (SSSR count). The second kappa shape index (κ2) is 10.2. The van der Waals surface area contributed by atoms with Crippen LogP contribution in [0.2, 0.25) is 5.02 Å². The molecule has 0 bridgehead atoms. The first-order valence-corrected chi connectivity index (χ1v) is 12.0. The molecule has 1 amide bonds. The molecule has 2 aromatic heterocycles. The number of carbonyl (C=O) groups excluding carboxylic acids is 1. The van der Waals surface area contributed by atoms with Crippen molar-refractivity contribution in [3.63, 3.8) is 0 Å². The molecule has 3 heterocycles. The first-order chi connectivity index (χ1) is 17.5. The molecule has 8 nitrogen and oxygen atoms in total. The van der Waals surface area contributed by atoms with Gasteiger partial charge in [-0.3, -0.25) is 14.6 Å². The van der Waals surface area contributed by atoms with Crippen molar-refractivity contribution in [2.24, 2.45) is 0 Å². The van der Waals surface area contributed by atoms with Crippen molar-refractivity contribution in [3.8, 4) is 28.4 Å². The SMILES string of the molecule is CC(=O)N1CCN(c2cnn(-c3ccc(Cl)cc3)c(=O)c2Oc2ccc(-c3ccccn3)cc2)CC1. The first kappa shape index (κ1) is 23.6. The van der Waals surface area contributed by atoms with E-state index in [9.17, 15) is 9.59 Å². The summed E-state index contributed by atoms with van der Waals surface area (Å²) in [6.07, 6.45) is 3.38. The Balaban J connectivity index is 1.50. The lowest BCUT2D eigenvalue weighted by molar-refractivity contribution is -0.129. The third kappa shape index (κ3) is 4.94. The number of carbonyl (C=O) groups is 1. The Morgan fingerprint density at radius 2 is 1.67 bits per heavy atom. The van der Waals surface area contributed by atoms with E-state index >= 15 is 0 Å². The van der Waals surface area contributed by atoms with Gasteiger partial charge in [-0.25, -0.2) is 0 Å². The van der Waals surface area contributed by atoms with Crippen LogP contribution in [0.15, 0.2) is 83.9 Å². The Labute approximate surface area is 213 Å². The average Bonchev–Trinajstić information content (AvgIpc) is 2.91. The van der Waals surface area contributed by atoms with Gasteiger partial charge < -0.3 is 14.5 Å². The zero-order valence-electron chi connectivity index (χ0n) is 19.7. The lowest BCUT2D eigenvalue weighted by Gasteiger charge is -2.35. The molecule has 0 atom stereocenters. The highest BCUT2D eigenvalue weighted by molar-refractivity contribution is 6.30. The monoisotopic (exact) mass is 501 g/mol. The lowest BCUT2D eigenvalue weighted by Crippen LogP contribution is -2.48. The molecule has 0 spiro atoms. The number of aromatic nitrogens is 3. The summed E-state index contributed by atoms with van der Waals surface area (Å²) in [5.41, 5.74) is 2.56. The molecule has 0 aliphatic carbocycles. The zero-order chi connectivity index (χ0) is 25.1. The second-order valence-corrected chi connectivity index (χ2v) is 8.82. The molecule has 182 valence electrons. The van der Waals surface area contributed by atoms with E-state index < -0.39 is 5.56 Å². The summed E-state index contributed by atoms with van der Waals surface area (Å²) in [5.74, 6) is 0.724. The molecular formula is C27H24ClN5O3. The van der Waals surface area contributed by atoms with E-state index in [-0.39, 0.29) is 11.7 Å². The number of hydrogen-bond donors (Lipinski definition) is 0. The molecule has 9 heteroatoms. The van der Waals surface area contributed by atoms with Crippen LogP contribution in [0.1, 0.15) is 6.92 Å². The van der Waals surface area contributed by atoms with Gasteiger partial charge in [-0.05, 0) is 60.7 Å². The summed E-state index contributed by atoms with van der Waals surface area (Å²) in [6.45, 7) is 3.83. The predicted octanol–water partition coefficient (Wildman–Crippen LogP) is 4.41. The van der Waals surface area contributed by atoms with Gasteiger partial charge in [0.05, 0.1) is 17.6 Å². The summed E-state index contributed by atoms with van der Waals surface area (Å²) in [7, 11) is 0. The Bertz CT molecular complexity index is 1410. The highest BCUT2D eigenvalue weighted by atomic mass is 35.5. The number of anilines is 1. The number of benzene rings is 2. The van der Waals surface area contributed by atoms with Crippen LogP contribution in [0.3, 0.4) is 0 Å². The molecule has 4 aromatic rings. The van der Waals surface area contributed by atoms with Crippen LogP contribution < -0.4 is 15.2 Å². The van der Waals surface area contributed by atoms with Crippen molar-refractivity contribution in [1.29, 1.82) is 0 Å². The first-order valence-electron chi connectivity index (χ1n) is 11.6. The normalized spacial score (nSPS) is 13.5. The smallest absolute Gasteiger partial charge is 0.316 e. The number of pyridine rings is 1. The average molecular weight is 502 g/mol. The van der Waals surface area contributed by atoms with Crippen LogP contribution in [0.4, 0.5) is 5.69 Å². The van der Waals surface area contributed by atoms with Crippen LogP contribution in [-0.2, 0) is 4.79 Å². The summed E-state index contributed by atoms with van der Waals surface area (Å²) in [6, 6.07) is 20.0. The maximum Gasteiger partial charge on any atom is 0.316 e. The topological polar surface area (TPSA) is 80.6 Å². The molecule has 1 aliphatic rings. The molecule has 1 saturated heterocycles. The van der Waals surface area contributed by atoms with E-state index in [1.54, 1.807) is 48.5 Å². The fourth-order valence-electron chi connectivity index (χ4n) is 4.12. The molecule has 0 saturated carbocycles. The fraction of sp³-hybridized carbons (Fsp3) is 0.185. The molecule has 36 heavy (non-hydrogen) atoms. The Hall–Kier alpha value is -4.17. The molecule has 0 radical (unpaired) electrons. The zero-order valence-corrected chi connectivity index (χ0v) is 20.4. The van der Waals surface area contributed by atoms with Gasteiger partial charge >= 0.3 is 5.56 Å².